The maximum absolute atomic E-state index is 12.3. The summed E-state index contributed by atoms with van der Waals surface area (Å²) in [6, 6.07) is 7.55. The van der Waals surface area contributed by atoms with Gasteiger partial charge >= 0.3 is 0 Å². The Morgan fingerprint density at radius 2 is 1.86 bits per heavy atom. The number of nitrogens with zero attached hydrogens (tertiary/aromatic N) is 2. The van der Waals surface area contributed by atoms with Crippen LogP contribution in [0.25, 0.3) is 10.9 Å². The summed E-state index contributed by atoms with van der Waals surface area (Å²) in [6.45, 7) is 2.76. The minimum atomic E-state index is 0.00566. The standard InChI is InChI=1S/C21H29Cl2N3O2/c1-28-18-15-17-7-6-11-24-21(17)19(16-18)25-20(27)8-4-2-3-5-12-26(13-9-22)14-10-23/h6-7,11,15-16H,2-5,8-10,12-14H2,1H3,(H,25,27). The summed E-state index contributed by atoms with van der Waals surface area (Å²) in [5.41, 5.74) is 1.47. The van der Waals surface area contributed by atoms with Gasteiger partial charge in [-0.25, -0.2) is 0 Å². The first-order valence-corrected chi connectivity index (χ1v) is 10.8. The number of aromatic nitrogens is 1. The van der Waals surface area contributed by atoms with Crippen molar-refractivity contribution in [2.24, 2.45) is 0 Å². The number of hydrogen-bond donors (Lipinski definition) is 1. The van der Waals surface area contributed by atoms with Crippen molar-refractivity contribution < 1.29 is 9.53 Å². The Bertz CT molecular complexity index is 737. The zero-order valence-electron chi connectivity index (χ0n) is 16.4. The van der Waals surface area contributed by atoms with Gasteiger partial charge in [-0.3, -0.25) is 9.78 Å². The molecule has 0 aliphatic heterocycles. The first-order chi connectivity index (χ1) is 13.7. The van der Waals surface area contributed by atoms with E-state index in [1.807, 2.05) is 24.3 Å². The lowest BCUT2D eigenvalue weighted by molar-refractivity contribution is -0.116. The summed E-state index contributed by atoms with van der Waals surface area (Å²) in [5.74, 6) is 1.97. The molecule has 28 heavy (non-hydrogen) atoms. The Hall–Kier alpha value is -1.56. The van der Waals surface area contributed by atoms with Crippen molar-refractivity contribution in [3.63, 3.8) is 0 Å². The number of benzene rings is 1. The molecular weight excluding hydrogens is 397 g/mol. The number of anilines is 1. The van der Waals surface area contributed by atoms with Gasteiger partial charge in [0.15, 0.2) is 0 Å². The highest BCUT2D eigenvalue weighted by Gasteiger charge is 2.09. The third-order valence-corrected chi connectivity index (χ3v) is 4.96. The Kier molecular flexibility index (Phi) is 10.4. The summed E-state index contributed by atoms with van der Waals surface area (Å²) in [4.78, 5) is 19.0. The number of pyridine rings is 1. The van der Waals surface area contributed by atoms with Gasteiger partial charge in [0.1, 0.15) is 5.75 Å². The number of nitrogens with one attached hydrogen (secondary N) is 1. The first-order valence-electron chi connectivity index (χ1n) is 9.75. The van der Waals surface area contributed by atoms with Gasteiger partial charge in [-0.15, -0.1) is 23.2 Å². The number of carbonyl (C=O) groups excluding carboxylic acids is 1. The molecule has 2 rings (SSSR count). The maximum atomic E-state index is 12.3. The highest BCUT2D eigenvalue weighted by Crippen LogP contribution is 2.27. The molecule has 0 aliphatic rings. The van der Waals surface area contributed by atoms with E-state index in [2.05, 4.69) is 15.2 Å². The van der Waals surface area contributed by atoms with Crippen LogP contribution in [0.4, 0.5) is 5.69 Å². The number of amides is 1. The number of hydrogen-bond acceptors (Lipinski definition) is 4. The second kappa shape index (κ2) is 12.8. The zero-order valence-corrected chi connectivity index (χ0v) is 17.9. The van der Waals surface area contributed by atoms with E-state index in [4.69, 9.17) is 27.9 Å². The third kappa shape index (κ3) is 7.46. The highest BCUT2D eigenvalue weighted by atomic mass is 35.5. The molecule has 0 aliphatic carbocycles. The fourth-order valence-electron chi connectivity index (χ4n) is 3.14. The predicted molar refractivity (Wildman–Crippen MR) is 118 cm³/mol. The van der Waals surface area contributed by atoms with Crippen molar-refractivity contribution >= 4 is 45.7 Å². The molecule has 1 aromatic carbocycles. The number of alkyl halides is 2. The fourth-order valence-corrected chi connectivity index (χ4v) is 3.62. The number of methoxy groups -OCH3 is 1. The molecule has 0 fully saturated rings. The van der Waals surface area contributed by atoms with Crippen LogP contribution >= 0.6 is 23.2 Å². The van der Waals surface area contributed by atoms with E-state index in [9.17, 15) is 4.79 Å². The van der Waals surface area contributed by atoms with Gasteiger partial charge in [0.25, 0.3) is 0 Å². The van der Waals surface area contributed by atoms with Crippen molar-refractivity contribution in [3.8, 4) is 5.75 Å². The van der Waals surface area contributed by atoms with E-state index in [1.165, 1.54) is 0 Å². The van der Waals surface area contributed by atoms with E-state index >= 15 is 0 Å². The van der Waals surface area contributed by atoms with Crippen LogP contribution in [0.3, 0.4) is 0 Å². The second-order valence-corrected chi connectivity index (χ2v) is 7.44. The molecule has 0 saturated carbocycles. The Labute approximate surface area is 177 Å². The smallest absolute Gasteiger partial charge is 0.224 e. The van der Waals surface area contributed by atoms with Crippen LogP contribution in [-0.2, 0) is 4.79 Å². The summed E-state index contributed by atoms with van der Waals surface area (Å²) >= 11 is 11.6. The van der Waals surface area contributed by atoms with Crippen molar-refractivity contribution in [3.05, 3.63) is 30.5 Å². The van der Waals surface area contributed by atoms with E-state index in [0.717, 1.165) is 56.2 Å². The van der Waals surface area contributed by atoms with Gasteiger partial charge < -0.3 is 15.0 Å². The van der Waals surface area contributed by atoms with Crippen molar-refractivity contribution in [1.82, 2.24) is 9.88 Å². The lowest BCUT2D eigenvalue weighted by atomic mass is 10.1. The van der Waals surface area contributed by atoms with Gasteiger partial charge in [0.05, 0.1) is 18.3 Å². The number of ether oxygens (including phenoxy) is 1. The van der Waals surface area contributed by atoms with E-state index < -0.39 is 0 Å². The number of fused-ring (bicyclic) bond motifs is 1. The van der Waals surface area contributed by atoms with Crippen LogP contribution in [0, 0.1) is 0 Å². The molecule has 0 unspecified atom stereocenters. The highest BCUT2D eigenvalue weighted by molar-refractivity contribution is 6.18. The SMILES string of the molecule is COc1cc(NC(=O)CCCCCCN(CCCl)CCCl)c2ncccc2c1. The molecule has 5 nitrogen and oxygen atoms in total. The quantitative estimate of drug-likeness (QED) is 0.365. The number of rotatable bonds is 13. The molecule has 0 radical (unpaired) electrons. The summed E-state index contributed by atoms with van der Waals surface area (Å²) in [7, 11) is 1.62. The second-order valence-electron chi connectivity index (χ2n) is 6.68. The summed E-state index contributed by atoms with van der Waals surface area (Å²) in [6.07, 6.45) is 6.31. The van der Waals surface area contributed by atoms with Crippen molar-refractivity contribution in [2.75, 3.05) is 43.8 Å². The third-order valence-electron chi connectivity index (χ3n) is 4.62. The van der Waals surface area contributed by atoms with E-state index in [0.29, 0.717) is 29.6 Å². The zero-order chi connectivity index (χ0) is 20.2. The van der Waals surface area contributed by atoms with Crippen LogP contribution in [0.15, 0.2) is 30.5 Å². The number of halogens is 2. The minimum absolute atomic E-state index is 0.00566. The monoisotopic (exact) mass is 425 g/mol. The molecule has 0 spiro atoms. The Balaban J connectivity index is 1.75. The van der Waals surface area contributed by atoms with Gasteiger partial charge in [-0.05, 0) is 31.5 Å². The molecule has 1 aromatic heterocycles. The Morgan fingerprint density at radius 1 is 1.11 bits per heavy atom. The topological polar surface area (TPSA) is 54.5 Å². The normalized spacial score (nSPS) is 11.1. The molecule has 2 aromatic rings. The molecule has 7 heteroatoms. The van der Waals surface area contributed by atoms with Crippen LogP contribution in [0.2, 0.25) is 0 Å². The Morgan fingerprint density at radius 3 is 2.57 bits per heavy atom. The minimum Gasteiger partial charge on any atom is -0.497 e. The summed E-state index contributed by atoms with van der Waals surface area (Å²) < 4.78 is 5.32. The largest absolute Gasteiger partial charge is 0.497 e. The first kappa shape index (κ1) is 22.7. The molecule has 0 atom stereocenters. The van der Waals surface area contributed by atoms with Gasteiger partial charge in [0, 0.05) is 48.9 Å². The molecule has 0 bridgehead atoms. The van der Waals surface area contributed by atoms with Crippen LogP contribution in [0.5, 0.6) is 5.75 Å². The van der Waals surface area contributed by atoms with E-state index in [-0.39, 0.29) is 5.91 Å². The average molecular weight is 426 g/mol. The number of unbranched alkanes of at least 4 members (excludes halogenated alkanes) is 3. The van der Waals surface area contributed by atoms with Crippen LogP contribution in [-0.4, -0.2) is 54.3 Å². The van der Waals surface area contributed by atoms with Crippen molar-refractivity contribution in [1.29, 1.82) is 0 Å². The fraction of sp³-hybridized carbons (Fsp3) is 0.524. The van der Waals surface area contributed by atoms with Crippen LogP contribution < -0.4 is 10.1 Å². The van der Waals surface area contributed by atoms with E-state index in [1.54, 1.807) is 13.3 Å². The van der Waals surface area contributed by atoms with Gasteiger partial charge in [-0.2, -0.15) is 0 Å². The lowest BCUT2D eigenvalue weighted by Crippen LogP contribution is -2.28. The molecule has 1 N–H and O–H groups in total. The summed E-state index contributed by atoms with van der Waals surface area (Å²) in [5, 5.41) is 3.92. The average Bonchev–Trinajstić information content (AvgIpc) is 2.70. The predicted octanol–water partition coefficient (Wildman–Crippen LogP) is 4.91. The molecular formula is C21H29Cl2N3O2. The molecule has 0 saturated heterocycles. The lowest BCUT2D eigenvalue weighted by Gasteiger charge is -2.19. The molecule has 1 amide bonds. The van der Waals surface area contributed by atoms with Gasteiger partial charge in [-0.1, -0.05) is 18.9 Å². The molecule has 1 heterocycles. The van der Waals surface area contributed by atoms with Crippen LogP contribution in [0.1, 0.15) is 32.1 Å². The van der Waals surface area contributed by atoms with Gasteiger partial charge in [0.2, 0.25) is 5.91 Å². The maximum Gasteiger partial charge on any atom is 0.224 e. The van der Waals surface area contributed by atoms with Crippen molar-refractivity contribution in [2.45, 2.75) is 32.1 Å². The molecule has 154 valence electrons. The number of carbonyl (C=O) groups is 1.